The molecule has 0 fully saturated rings. The summed E-state index contributed by atoms with van der Waals surface area (Å²) in [6, 6.07) is 5.89. The van der Waals surface area contributed by atoms with E-state index in [1.807, 2.05) is 18.2 Å². The average Bonchev–Trinajstić information content (AvgIpc) is 2.66. The van der Waals surface area contributed by atoms with Crippen LogP contribution in [0.1, 0.15) is 0 Å². The zero-order valence-corrected chi connectivity index (χ0v) is 18.3. The molecule has 0 aliphatic carbocycles. The number of nitrogens with zero attached hydrogens (tertiary/aromatic N) is 3. The number of aliphatic carboxylic acids is 4. The van der Waals surface area contributed by atoms with Gasteiger partial charge in [-0.05, 0) is 22.9 Å². The van der Waals surface area contributed by atoms with Crippen LogP contribution in [-0.2, 0) is 19.2 Å². The number of hydrogen-bond donors (Lipinski definition) is 5. The van der Waals surface area contributed by atoms with E-state index < -0.39 is 50.1 Å². The zero-order chi connectivity index (χ0) is 23.6. The molecule has 1 heterocycles. The largest absolute Gasteiger partial charge is 0.480 e. The van der Waals surface area contributed by atoms with E-state index in [2.05, 4.69) is 4.98 Å². The third-order valence-corrected chi connectivity index (χ3v) is 5.45. The van der Waals surface area contributed by atoms with Crippen molar-refractivity contribution in [1.82, 2.24) is 14.8 Å². The Morgan fingerprint density at radius 3 is 1.61 bits per heavy atom. The van der Waals surface area contributed by atoms with Gasteiger partial charge in [-0.3, -0.25) is 29.0 Å². The molecule has 0 aliphatic rings. The summed E-state index contributed by atoms with van der Waals surface area (Å²) >= 11 is 0. The van der Waals surface area contributed by atoms with E-state index in [1.165, 1.54) is 0 Å². The Kier molecular flexibility index (Phi) is 16.0. The van der Waals surface area contributed by atoms with Crippen LogP contribution in [0, 0.1) is 0 Å². The first-order valence-electron chi connectivity index (χ1n) is 8.86. The second-order valence-electron chi connectivity index (χ2n) is 5.86. The standard InChI is InChI=1S/C10H16N2O8.C7H10N2S2/c13-7(14)3-11(4-8(15)16)1-2-12(5-9(17)18)6-10(19)20;8-4-6-10-11-7-3-1-2-5-9-7/h1-6H2,(H,13,14)(H,15,16)(H,17,18)(H,19,20);1-3,5H,4,6,8H2. The molecule has 0 saturated carbocycles. The second-order valence-corrected chi connectivity index (χ2v) is 8.29. The minimum atomic E-state index is -1.23. The second kappa shape index (κ2) is 17.3. The van der Waals surface area contributed by atoms with Crippen LogP contribution in [0.2, 0.25) is 0 Å². The number of aromatic nitrogens is 1. The Morgan fingerprint density at radius 2 is 1.29 bits per heavy atom. The van der Waals surface area contributed by atoms with Gasteiger partial charge in [0.1, 0.15) is 5.03 Å². The SMILES string of the molecule is NCCSSc1ccccn1.O=C(O)CN(CCN(CC(=O)O)CC(=O)O)CC(=O)O. The van der Waals surface area contributed by atoms with Crippen molar-refractivity contribution in [2.24, 2.45) is 5.73 Å². The van der Waals surface area contributed by atoms with Crippen LogP contribution in [0.5, 0.6) is 0 Å². The van der Waals surface area contributed by atoms with Crippen LogP contribution in [-0.4, -0.2) is 111 Å². The van der Waals surface area contributed by atoms with Gasteiger partial charge in [0.25, 0.3) is 0 Å². The van der Waals surface area contributed by atoms with Crippen molar-refractivity contribution in [3.05, 3.63) is 24.4 Å². The molecule has 0 spiro atoms. The normalized spacial score (nSPS) is 10.4. The third-order valence-electron chi connectivity index (χ3n) is 3.15. The Morgan fingerprint density at radius 1 is 0.839 bits per heavy atom. The summed E-state index contributed by atoms with van der Waals surface area (Å²) in [6.07, 6.45) is 1.80. The van der Waals surface area contributed by atoms with Crippen molar-refractivity contribution < 1.29 is 39.6 Å². The summed E-state index contributed by atoms with van der Waals surface area (Å²) in [5, 5.41) is 35.5. The highest BCUT2D eigenvalue weighted by atomic mass is 33.1. The predicted octanol–water partition coefficient (Wildman–Crippen LogP) is -0.291. The molecule has 0 aliphatic heterocycles. The van der Waals surface area contributed by atoms with Crippen molar-refractivity contribution in [3.8, 4) is 0 Å². The zero-order valence-electron chi connectivity index (χ0n) is 16.6. The number of carboxylic acid groups (broad SMARTS) is 4. The molecule has 1 aromatic heterocycles. The van der Waals surface area contributed by atoms with Gasteiger partial charge in [-0.2, -0.15) is 0 Å². The summed E-state index contributed by atoms with van der Waals surface area (Å²) in [5.41, 5.74) is 5.34. The van der Waals surface area contributed by atoms with Crippen molar-refractivity contribution in [1.29, 1.82) is 0 Å². The Balaban J connectivity index is 0.000000683. The predicted molar refractivity (Wildman–Crippen MR) is 115 cm³/mol. The average molecular weight is 479 g/mol. The molecule has 1 rings (SSSR count). The van der Waals surface area contributed by atoms with Gasteiger partial charge in [0.05, 0.1) is 26.2 Å². The molecule has 0 unspecified atom stereocenters. The molecule has 0 aromatic carbocycles. The molecule has 31 heavy (non-hydrogen) atoms. The Hall–Kier alpha value is -2.39. The van der Waals surface area contributed by atoms with E-state index in [9.17, 15) is 19.2 Å². The highest BCUT2D eigenvalue weighted by Crippen LogP contribution is 2.27. The summed E-state index contributed by atoms with van der Waals surface area (Å²) in [7, 11) is 3.41. The molecule has 0 amide bonds. The molecule has 0 saturated heterocycles. The first-order chi connectivity index (χ1) is 14.6. The van der Waals surface area contributed by atoms with Gasteiger partial charge in [0.2, 0.25) is 0 Å². The summed E-state index contributed by atoms with van der Waals surface area (Å²) in [5.74, 6) is -3.94. The molecule has 0 radical (unpaired) electrons. The fourth-order valence-electron chi connectivity index (χ4n) is 2.02. The van der Waals surface area contributed by atoms with Crippen LogP contribution in [0.15, 0.2) is 29.4 Å². The number of rotatable bonds is 15. The number of carboxylic acids is 4. The molecule has 0 bridgehead atoms. The number of pyridine rings is 1. The van der Waals surface area contributed by atoms with Crippen LogP contribution < -0.4 is 5.73 Å². The lowest BCUT2D eigenvalue weighted by Gasteiger charge is -2.23. The number of nitrogens with two attached hydrogens (primary N) is 1. The van der Waals surface area contributed by atoms with Gasteiger partial charge in [0.15, 0.2) is 0 Å². The minimum absolute atomic E-state index is 0.0703. The molecular weight excluding hydrogens is 452 g/mol. The third kappa shape index (κ3) is 18.1. The topological polar surface area (TPSA) is 195 Å². The smallest absolute Gasteiger partial charge is 0.317 e. The molecule has 1 aromatic rings. The van der Waals surface area contributed by atoms with Crippen molar-refractivity contribution >= 4 is 45.5 Å². The van der Waals surface area contributed by atoms with E-state index in [1.54, 1.807) is 27.8 Å². The fourth-order valence-corrected chi connectivity index (χ4v) is 3.76. The lowest BCUT2D eigenvalue weighted by molar-refractivity contribution is -0.145. The van der Waals surface area contributed by atoms with Crippen molar-refractivity contribution in [2.75, 3.05) is 51.6 Å². The monoisotopic (exact) mass is 478 g/mol. The van der Waals surface area contributed by atoms with Gasteiger partial charge in [-0.1, -0.05) is 16.9 Å². The maximum Gasteiger partial charge on any atom is 0.317 e. The maximum absolute atomic E-state index is 10.6. The Labute approximate surface area is 186 Å². The van der Waals surface area contributed by atoms with E-state index in [0.717, 1.165) is 27.1 Å². The van der Waals surface area contributed by atoms with E-state index in [0.29, 0.717) is 0 Å². The van der Waals surface area contributed by atoms with Gasteiger partial charge in [0, 0.05) is 31.6 Å². The molecule has 6 N–H and O–H groups in total. The molecule has 12 nitrogen and oxygen atoms in total. The van der Waals surface area contributed by atoms with Gasteiger partial charge in [-0.25, -0.2) is 4.98 Å². The van der Waals surface area contributed by atoms with Crippen molar-refractivity contribution in [2.45, 2.75) is 5.03 Å². The van der Waals surface area contributed by atoms with Gasteiger partial charge < -0.3 is 26.2 Å². The van der Waals surface area contributed by atoms with E-state index in [4.69, 9.17) is 26.2 Å². The summed E-state index contributed by atoms with van der Waals surface area (Å²) in [4.78, 5) is 48.5. The van der Waals surface area contributed by atoms with E-state index in [-0.39, 0.29) is 13.1 Å². The maximum atomic E-state index is 10.6. The lowest BCUT2D eigenvalue weighted by atomic mass is 10.4. The molecular formula is C17H26N4O8S2. The van der Waals surface area contributed by atoms with Crippen molar-refractivity contribution in [3.63, 3.8) is 0 Å². The van der Waals surface area contributed by atoms with Crippen LogP contribution in [0.25, 0.3) is 0 Å². The van der Waals surface area contributed by atoms with Gasteiger partial charge in [-0.15, -0.1) is 0 Å². The molecule has 174 valence electrons. The highest BCUT2D eigenvalue weighted by Gasteiger charge is 2.18. The van der Waals surface area contributed by atoms with Gasteiger partial charge >= 0.3 is 23.9 Å². The first kappa shape index (κ1) is 28.6. The Bertz CT molecular complexity index is 628. The fraction of sp³-hybridized carbons (Fsp3) is 0.471. The van der Waals surface area contributed by atoms with Crippen LogP contribution >= 0.6 is 21.6 Å². The number of carbonyl (C=O) groups is 4. The summed E-state index contributed by atoms with van der Waals surface area (Å²) in [6.45, 7) is -1.52. The van der Waals surface area contributed by atoms with Crippen LogP contribution in [0.4, 0.5) is 0 Å². The number of hydrogen-bond acceptors (Lipinski definition) is 10. The molecule has 0 atom stereocenters. The van der Waals surface area contributed by atoms with Crippen LogP contribution in [0.3, 0.4) is 0 Å². The summed E-state index contributed by atoms with van der Waals surface area (Å²) < 4.78 is 0. The molecule has 14 heteroatoms. The first-order valence-corrected chi connectivity index (χ1v) is 11.2. The highest BCUT2D eigenvalue weighted by molar-refractivity contribution is 8.76. The van der Waals surface area contributed by atoms with E-state index >= 15 is 0 Å². The quantitative estimate of drug-likeness (QED) is 0.163. The lowest BCUT2D eigenvalue weighted by Crippen LogP contribution is -2.43. The minimum Gasteiger partial charge on any atom is -0.480 e.